The number of carbonyl (C=O) groups is 7. The van der Waals surface area contributed by atoms with Gasteiger partial charge in [-0.2, -0.15) is 0 Å². The SMILES string of the molecule is CC(C)[C@H](CC(=O)CCCCCN1C(=O)C=CC1=O)C(=O)N[C@@H](CCCNC(N)=O)C(=O)Cc1ccc(COC(=O)Oc2ccc([N+](=O)[O-])cc2)cc1. The molecule has 53 heavy (non-hydrogen) atoms. The first-order chi connectivity index (χ1) is 25.2. The zero-order chi connectivity index (χ0) is 38.9. The fourth-order valence-electron chi connectivity index (χ4n) is 5.49. The van der Waals surface area contributed by atoms with Crippen LogP contribution in [-0.4, -0.2) is 70.4 Å². The van der Waals surface area contributed by atoms with Crippen LogP contribution in [0, 0.1) is 22.0 Å². The van der Waals surface area contributed by atoms with E-state index in [0.29, 0.717) is 36.8 Å². The Labute approximate surface area is 306 Å². The van der Waals surface area contributed by atoms with Gasteiger partial charge in [-0.3, -0.25) is 39.0 Å². The molecule has 0 spiro atoms. The minimum absolute atomic E-state index is 0.00832. The van der Waals surface area contributed by atoms with Gasteiger partial charge in [0.25, 0.3) is 17.5 Å². The van der Waals surface area contributed by atoms with E-state index in [4.69, 9.17) is 15.2 Å². The van der Waals surface area contributed by atoms with Gasteiger partial charge in [-0.15, -0.1) is 0 Å². The zero-order valence-corrected chi connectivity index (χ0v) is 29.7. The van der Waals surface area contributed by atoms with Crippen molar-refractivity contribution in [2.75, 3.05) is 13.1 Å². The van der Waals surface area contributed by atoms with Gasteiger partial charge in [-0.25, -0.2) is 9.59 Å². The van der Waals surface area contributed by atoms with Crippen molar-refractivity contribution in [1.82, 2.24) is 15.5 Å². The Morgan fingerprint density at radius 1 is 0.887 bits per heavy atom. The van der Waals surface area contributed by atoms with Crippen molar-refractivity contribution < 1.29 is 48.0 Å². The highest BCUT2D eigenvalue weighted by atomic mass is 16.7. The van der Waals surface area contributed by atoms with Crippen molar-refractivity contribution in [1.29, 1.82) is 0 Å². The van der Waals surface area contributed by atoms with Gasteiger partial charge in [0.2, 0.25) is 5.91 Å². The second-order valence-corrected chi connectivity index (χ2v) is 12.9. The number of unbranched alkanes of at least 4 members (excludes halogenated alkanes) is 2. The maximum Gasteiger partial charge on any atom is 0.514 e. The van der Waals surface area contributed by atoms with Gasteiger partial charge >= 0.3 is 12.2 Å². The fraction of sp³-hybridized carbons (Fsp3) is 0.432. The number of non-ortho nitro benzene ring substituents is 1. The molecule has 0 saturated heterocycles. The van der Waals surface area contributed by atoms with Gasteiger partial charge < -0.3 is 25.8 Å². The first-order valence-electron chi connectivity index (χ1n) is 17.3. The number of nitro groups is 1. The van der Waals surface area contributed by atoms with Crippen molar-refractivity contribution in [3.8, 4) is 5.75 Å². The average molecular weight is 736 g/mol. The molecule has 0 radical (unpaired) electrons. The van der Waals surface area contributed by atoms with E-state index in [-0.39, 0.29) is 86.1 Å². The molecule has 0 aliphatic carbocycles. The Balaban J connectivity index is 1.52. The lowest BCUT2D eigenvalue weighted by atomic mass is 9.88. The van der Waals surface area contributed by atoms with Crippen LogP contribution in [0.5, 0.6) is 5.75 Å². The van der Waals surface area contributed by atoms with Crippen molar-refractivity contribution in [2.24, 2.45) is 17.6 Å². The van der Waals surface area contributed by atoms with E-state index in [0.717, 1.165) is 4.90 Å². The smallest absolute Gasteiger partial charge is 0.429 e. The van der Waals surface area contributed by atoms with E-state index >= 15 is 0 Å². The Morgan fingerprint density at radius 2 is 1.53 bits per heavy atom. The highest BCUT2D eigenvalue weighted by Gasteiger charge is 2.29. The number of imide groups is 1. The number of nitro benzene ring substituents is 1. The van der Waals surface area contributed by atoms with Gasteiger partial charge in [0.05, 0.1) is 11.0 Å². The molecule has 16 nitrogen and oxygen atoms in total. The fourth-order valence-corrected chi connectivity index (χ4v) is 5.49. The number of hydrogen-bond donors (Lipinski definition) is 3. The highest BCUT2D eigenvalue weighted by Crippen LogP contribution is 2.20. The van der Waals surface area contributed by atoms with Crippen LogP contribution in [0.15, 0.2) is 60.7 Å². The number of nitrogens with one attached hydrogen (secondary N) is 2. The summed E-state index contributed by atoms with van der Waals surface area (Å²) < 4.78 is 10.1. The summed E-state index contributed by atoms with van der Waals surface area (Å²) >= 11 is 0. The van der Waals surface area contributed by atoms with Crippen LogP contribution in [0.1, 0.15) is 69.9 Å². The second kappa shape index (κ2) is 20.8. The number of nitrogens with two attached hydrogens (primary N) is 1. The van der Waals surface area contributed by atoms with Crippen molar-refractivity contribution in [2.45, 2.75) is 77.9 Å². The molecule has 1 heterocycles. The minimum atomic E-state index is -1.01. The van der Waals surface area contributed by atoms with Gasteiger partial charge in [-0.1, -0.05) is 44.5 Å². The number of nitrogens with zero attached hydrogens (tertiary/aromatic N) is 2. The van der Waals surface area contributed by atoms with E-state index in [9.17, 15) is 43.7 Å². The minimum Gasteiger partial charge on any atom is -0.429 e. The molecule has 0 aromatic heterocycles. The summed E-state index contributed by atoms with van der Waals surface area (Å²) in [5.74, 6) is -2.32. The van der Waals surface area contributed by atoms with E-state index in [1.807, 2.05) is 13.8 Å². The number of amides is 5. The third-order valence-electron chi connectivity index (χ3n) is 8.51. The maximum absolute atomic E-state index is 13.5. The molecule has 0 bridgehead atoms. The van der Waals surface area contributed by atoms with Crippen LogP contribution in [0.4, 0.5) is 15.3 Å². The van der Waals surface area contributed by atoms with Crippen LogP contribution in [0.3, 0.4) is 0 Å². The third kappa shape index (κ3) is 14.3. The van der Waals surface area contributed by atoms with Gasteiger partial charge in [-0.05, 0) is 54.9 Å². The summed E-state index contributed by atoms with van der Waals surface area (Å²) in [6.07, 6.45) is 3.94. The lowest BCUT2D eigenvalue weighted by Crippen LogP contribution is -2.46. The summed E-state index contributed by atoms with van der Waals surface area (Å²) in [4.78, 5) is 97.8. The number of benzene rings is 2. The highest BCUT2D eigenvalue weighted by molar-refractivity contribution is 6.12. The largest absolute Gasteiger partial charge is 0.514 e. The van der Waals surface area contributed by atoms with E-state index < -0.39 is 35.0 Å². The van der Waals surface area contributed by atoms with Gasteiger partial charge in [0.15, 0.2) is 5.78 Å². The summed E-state index contributed by atoms with van der Waals surface area (Å²) in [6, 6.07) is 9.99. The van der Waals surface area contributed by atoms with Crippen molar-refractivity contribution in [3.05, 3.63) is 81.9 Å². The van der Waals surface area contributed by atoms with E-state index in [1.54, 1.807) is 24.3 Å². The normalized spacial score (nSPS) is 13.4. The molecular weight excluding hydrogens is 690 g/mol. The molecule has 4 N–H and O–H groups in total. The number of rotatable bonds is 22. The standard InChI is InChI=1S/C37H45N5O11/c1-24(2)30(22-28(43)7-4-3-5-20-41-33(45)17-18-34(41)46)35(47)40-31(8-6-19-39-36(38)48)32(44)21-25-9-11-26(12-10-25)23-52-37(49)53-29-15-13-27(14-16-29)42(50)51/h9-18,24,30-31H,3-8,19-23H2,1-2H3,(H,40,47)(H3,38,39,48)/t30-,31-/m0/s1. The molecule has 0 saturated carbocycles. The summed E-state index contributed by atoms with van der Waals surface area (Å²) in [5, 5.41) is 16.1. The molecule has 3 rings (SSSR count). The molecule has 2 atom stereocenters. The van der Waals surface area contributed by atoms with E-state index in [1.165, 1.54) is 36.4 Å². The number of ketones is 2. The second-order valence-electron chi connectivity index (χ2n) is 12.9. The molecule has 2 aromatic carbocycles. The van der Waals surface area contributed by atoms with Crippen LogP contribution in [0.2, 0.25) is 0 Å². The third-order valence-corrected chi connectivity index (χ3v) is 8.51. The van der Waals surface area contributed by atoms with Crippen molar-refractivity contribution >= 4 is 47.2 Å². The first-order valence-corrected chi connectivity index (χ1v) is 17.3. The lowest BCUT2D eigenvalue weighted by Gasteiger charge is -2.24. The van der Waals surface area contributed by atoms with Crippen LogP contribution in [-0.2, 0) is 41.7 Å². The first kappa shape index (κ1) is 41.5. The molecule has 1 aliphatic rings. The summed E-state index contributed by atoms with van der Waals surface area (Å²) in [7, 11) is 0. The predicted molar refractivity (Wildman–Crippen MR) is 190 cm³/mol. The Bertz CT molecular complexity index is 1650. The lowest BCUT2D eigenvalue weighted by molar-refractivity contribution is -0.384. The Hall–Kier alpha value is -5.93. The van der Waals surface area contributed by atoms with Crippen LogP contribution >= 0.6 is 0 Å². The maximum atomic E-state index is 13.5. The number of primary amides is 1. The summed E-state index contributed by atoms with van der Waals surface area (Å²) in [5.41, 5.74) is 6.23. The predicted octanol–water partition coefficient (Wildman–Crippen LogP) is 4.07. The average Bonchev–Trinajstić information content (AvgIpc) is 3.43. The number of hydrogen-bond acceptors (Lipinski definition) is 11. The molecule has 0 unspecified atom stereocenters. The van der Waals surface area contributed by atoms with Crippen LogP contribution in [0.25, 0.3) is 0 Å². The number of carbonyl (C=O) groups excluding carboxylic acids is 7. The topological polar surface area (TPSA) is 234 Å². The molecule has 5 amide bonds. The van der Waals surface area contributed by atoms with E-state index in [2.05, 4.69) is 10.6 Å². The molecule has 0 fully saturated rings. The monoisotopic (exact) mass is 735 g/mol. The van der Waals surface area contributed by atoms with Crippen LogP contribution < -0.4 is 21.1 Å². The number of ether oxygens (including phenoxy) is 2. The van der Waals surface area contributed by atoms with Gasteiger partial charge in [0.1, 0.15) is 18.1 Å². The molecular formula is C37H45N5O11. The Kier molecular flexibility index (Phi) is 16.3. The molecule has 1 aliphatic heterocycles. The van der Waals surface area contributed by atoms with Crippen molar-refractivity contribution in [3.63, 3.8) is 0 Å². The Morgan fingerprint density at radius 3 is 2.13 bits per heavy atom. The number of Topliss-reactive ketones (excluding diaryl/α,β-unsaturated/α-hetero) is 2. The quantitative estimate of drug-likeness (QED) is 0.0389. The molecule has 2 aromatic rings. The number of urea groups is 1. The molecule has 16 heteroatoms. The molecule has 284 valence electrons. The zero-order valence-electron chi connectivity index (χ0n) is 29.7. The summed E-state index contributed by atoms with van der Waals surface area (Å²) in [6.45, 7) is 3.98. The van der Waals surface area contributed by atoms with Gasteiger partial charge in [0, 0.05) is 62.6 Å².